The highest BCUT2D eigenvalue weighted by Crippen LogP contribution is 2.19. The Kier molecular flexibility index (Phi) is 6.65. The molecular weight excluding hydrogens is 342 g/mol. The monoisotopic (exact) mass is 369 g/mol. The molecule has 0 spiro atoms. The van der Waals surface area contributed by atoms with Gasteiger partial charge in [0.25, 0.3) is 0 Å². The summed E-state index contributed by atoms with van der Waals surface area (Å²) in [5.74, 6) is 0.202. The van der Waals surface area contributed by atoms with Gasteiger partial charge in [0.05, 0.1) is 12.8 Å². The van der Waals surface area contributed by atoms with Gasteiger partial charge in [-0.25, -0.2) is 0 Å². The summed E-state index contributed by atoms with van der Waals surface area (Å²) >= 11 is 0. The standard InChI is InChI=1S/C21H27N3O3/c1-2-17-6-3-4-8-19(17)23-21(26)20(25)22-14-16-9-11-24(12-10-16)15-18-7-5-13-27-18/h3-8,13,16H,2,9-12,14-15H2,1H3,(H,22,25)(H,23,26). The van der Waals surface area contributed by atoms with Crippen molar-refractivity contribution < 1.29 is 14.0 Å². The van der Waals surface area contributed by atoms with Gasteiger partial charge in [0, 0.05) is 12.2 Å². The molecule has 1 fully saturated rings. The first-order chi connectivity index (χ1) is 13.2. The van der Waals surface area contributed by atoms with Gasteiger partial charge in [-0.05, 0) is 62.0 Å². The lowest BCUT2D eigenvalue weighted by Gasteiger charge is -2.31. The van der Waals surface area contributed by atoms with Crippen LogP contribution in [0, 0.1) is 5.92 Å². The highest BCUT2D eigenvalue weighted by Gasteiger charge is 2.22. The molecule has 2 N–H and O–H groups in total. The summed E-state index contributed by atoms with van der Waals surface area (Å²) in [4.78, 5) is 26.6. The number of carbonyl (C=O) groups is 2. The molecule has 2 amide bonds. The Morgan fingerprint density at radius 3 is 2.59 bits per heavy atom. The maximum atomic E-state index is 12.1. The van der Waals surface area contributed by atoms with Gasteiger partial charge in [-0.15, -0.1) is 0 Å². The fourth-order valence-electron chi connectivity index (χ4n) is 3.42. The van der Waals surface area contributed by atoms with E-state index in [0.29, 0.717) is 18.2 Å². The van der Waals surface area contributed by atoms with Crippen LogP contribution >= 0.6 is 0 Å². The molecule has 0 bridgehead atoms. The molecule has 6 heteroatoms. The van der Waals surface area contributed by atoms with Crippen molar-refractivity contribution >= 4 is 17.5 Å². The van der Waals surface area contributed by atoms with Crippen molar-refractivity contribution in [1.29, 1.82) is 0 Å². The Balaban J connectivity index is 1.39. The predicted molar refractivity (Wildman–Crippen MR) is 104 cm³/mol. The third kappa shape index (κ3) is 5.44. The molecule has 1 aromatic heterocycles. The first-order valence-electron chi connectivity index (χ1n) is 9.57. The van der Waals surface area contributed by atoms with E-state index in [2.05, 4.69) is 15.5 Å². The summed E-state index contributed by atoms with van der Waals surface area (Å²) < 4.78 is 5.39. The van der Waals surface area contributed by atoms with Gasteiger partial charge in [-0.2, -0.15) is 0 Å². The average Bonchev–Trinajstić information content (AvgIpc) is 3.20. The molecule has 2 heterocycles. The molecule has 6 nitrogen and oxygen atoms in total. The summed E-state index contributed by atoms with van der Waals surface area (Å²) in [7, 11) is 0. The van der Waals surface area contributed by atoms with Crippen molar-refractivity contribution in [2.75, 3.05) is 25.0 Å². The highest BCUT2D eigenvalue weighted by atomic mass is 16.3. The largest absolute Gasteiger partial charge is 0.468 e. The number of hydrogen-bond donors (Lipinski definition) is 2. The molecule has 0 unspecified atom stereocenters. The number of benzene rings is 1. The van der Waals surface area contributed by atoms with Crippen LogP contribution in [0.5, 0.6) is 0 Å². The molecule has 27 heavy (non-hydrogen) atoms. The number of nitrogens with zero attached hydrogens (tertiary/aromatic N) is 1. The van der Waals surface area contributed by atoms with Crippen molar-refractivity contribution in [2.45, 2.75) is 32.7 Å². The Bertz CT molecular complexity index is 750. The minimum absolute atomic E-state index is 0.400. The van der Waals surface area contributed by atoms with Crippen molar-refractivity contribution in [1.82, 2.24) is 10.2 Å². The van der Waals surface area contributed by atoms with Crippen LogP contribution in [-0.4, -0.2) is 36.3 Å². The number of carbonyl (C=O) groups excluding carboxylic acids is 2. The summed E-state index contributed by atoms with van der Waals surface area (Å²) in [5, 5.41) is 5.49. The second-order valence-corrected chi connectivity index (χ2v) is 6.97. The third-order valence-electron chi connectivity index (χ3n) is 5.07. The maximum absolute atomic E-state index is 12.1. The second kappa shape index (κ2) is 9.37. The van der Waals surface area contributed by atoms with Crippen LogP contribution in [0.4, 0.5) is 5.69 Å². The van der Waals surface area contributed by atoms with Crippen LogP contribution in [0.25, 0.3) is 0 Å². The molecule has 0 radical (unpaired) electrons. The smallest absolute Gasteiger partial charge is 0.313 e. The SMILES string of the molecule is CCc1ccccc1NC(=O)C(=O)NCC1CCN(Cc2ccco2)CC1. The van der Waals surface area contributed by atoms with Gasteiger partial charge in [0.15, 0.2) is 0 Å². The summed E-state index contributed by atoms with van der Waals surface area (Å²) in [5.41, 5.74) is 1.72. The second-order valence-electron chi connectivity index (χ2n) is 6.97. The van der Waals surface area contributed by atoms with Gasteiger partial charge < -0.3 is 15.1 Å². The van der Waals surface area contributed by atoms with Crippen LogP contribution in [0.15, 0.2) is 47.1 Å². The normalized spacial score (nSPS) is 15.4. The van der Waals surface area contributed by atoms with E-state index in [9.17, 15) is 9.59 Å². The van der Waals surface area contributed by atoms with Gasteiger partial charge in [-0.1, -0.05) is 25.1 Å². The van der Waals surface area contributed by atoms with E-state index < -0.39 is 11.8 Å². The number of furan rings is 1. The summed E-state index contributed by atoms with van der Waals surface area (Å²) in [6.07, 6.45) is 4.50. The Hall–Kier alpha value is -2.60. The van der Waals surface area contributed by atoms with Crippen molar-refractivity contribution in [3.05, 3.63) is 54.0 Å². The minimum Gasteiger partial charge on any atom is -0.468 e. The molecule has 0 atom stereocenters. The van der Waals surface area contributed by atoms with E-state index in [1.807, 2.05) is 43.3 Å². The third-order valence-corrected chi connectivity index (χ3v) is 5.07. The number of aryl methyl sites for hydroxylation is 1. The number of likely N-dealkylation sites (tertiary alicyclic amines) is 1. The molecule has 1 aliphatic rings. The van der Waals surface area contributed by atoms with Gasteiger partial charge in [0.2, 0.25) is 0 Å². The molecular formula is C21H27N3O3. The van der Waals surface area contributed by atoms with Crippen LogP contribution in [-0.2, 0) is 22.6 Å². The van der Waals surface area contributed by atoms with E-state index in [1.54, 1.807) is 6.26 Å². The van der Waals surface area contributed by atoms with Gasteiger partial charge >= 0.3 is 11.8 Å². The zero-order valence-electron chi connectivity index (χ0n) is 15.7. The maximum Gasteiger partial charge on any atom is 0.313 e. The summed E-state index contributed by atoms with van der Waals surface area (Å²) in [6, 6.07) is 11.4. The molecule has 1 saturated heterocycles. The van der Waals surface area contributed by atoms with E-state index >= 15 is 0 Å². The Morgan fingerprint density at radius 1 is 1.11 bits per heavy atom. The molecule has 1 aromatic carbocycles. The van der Waals surface area contributed by atoms with Gasteiger partial charge in [-0.3, -0.25) is 14.5 Å². The van der Waals surface area contributed by atoms with E-state index in [1.165, 1.54) is 0 Å². The van der Waals surface area contributed by atoms with Crippen molar-refractivity contribution in [3.63, 3.8) is 0 Å². The molecule has 0 saturated carbocycles. The number of anilines is 1. The van der Waals surface area contributed by atoms with Crippen molar-refractivity contribution in [3.8, 4) is 0 Å². The number of rotatable bonds is 6. The lowest BCUT2D eigenvalue weighted by Crippen LogP contribution is -2.41. The summed E-state index contributed by atoms with van der Waals surface area (Å²) in [6.45, 7) is 5.32. The fourth-order valence-corrected chi connectivity index (χ4v) is 3.42. The highest BCUT2D eigenvalue weighted by molar-refractivity contribution is 6.39. The van der Waals surface area contributed by atoms with Crippen LogP contribution in [0.3, 0.4) is 0 Å². The fraction of sp³-hybridized carbons (Fsp3) is 0.429. The topological polar surface area (TPSA) is 74.6 Å². The average molecular weight is 369 g/mol. The minimum atomic E-state index is -0.605. The lowest BCUT2D eigenvalue weighted by atomic mass is 9.96. The molecule has 0 aliphatic carbocycles. The molecule has 2 aromatic rings. The number of nitrogens with one attached hydrogen (secondary N) is 2. The Morgan fingerprint density at radius 2 is 1.89 bits per heavy atom. The molecule has 144 valence electrons. The molecule has 3 rings (SSSR count). The number of amides is 2. The van der Waals surface area contributed by atoms with Crippen LogP contribution in [0.2, 0.25) is 0 Å². The van der Waals surface area contributed by atoms with E-state index in [4.69, 9.17) is 4.42 Å². The first-order valence-corrected chi connectivity index (χ1v) is 9.57. The first kappa shape index (κ1) is 19.2. The zero-order chi connectivity index (χ0) is 19.1. The van der Waals surface area contributed by atoms with Crippen LogP contribution < -0.4 is 10.6 Å². The van der Waals surface area contributed by atoms with Crippen molar-refractivity contribution in [2.24, 2.45) is 5.92 Å². The Labute approximate surface area is 159 Å². The number of hydrogen-bond acceptors (Lipinski definition) is 4. The zero-order valence-corrected chi connectivity index (χ0v) is 15.7. The van der Waals surface area contributed by atoms with Gasteiger partial charge in [0.1, 0.15) is 5.76 Å². The van der Waals surface area contributed by atoms with E-state index in [0.717, 1.165) is 50.2 Å². The van der Waals surface area contributed by atoms with Crippen LogP contribution in [0.1, 0.15) is 31.1 Å². The number of para-hydroxylation sites is 1. The van der Waals surface area contributed by atoms with E-state index in [-0.39, 0.29) is 0 Å². The number of piperidine rings is 1. The predicted octanol–water partition coefficient (Wildman–Crippen LogP) is 2.81. The lowest BCUT2D eigenvalue weighted by molar-refractivity contribution is -0.136. The molecule has 1 aliphatic heterocycles. The quantitative estimate of drug-likeness (QED) is 0.768.